The van der Waals surface area contributed by atoms with E-state index in [4.69, 9.17) is 11.1 Å². The van der Waals surface area contributed by atoms with Crippen molar-refractivity contribution in [1.29, 1.82) is 5.41 Å². The predicted molar refractivity (Wildman–Crippen MR) is 90.1 cm³/mol. The van der Waals surface area contributed by atoms with Crippen molar-refractivity contribution in [3.63, 3.8) is 0 Å². The van der Waals surface area contributed by atoms with Crippen LogP contribution in [-0.4, -0.2) is 6.21 Å². The molecule has 0 aliphatic heterocycles. The summed E-state index contributed by atoms with van der Waals surface area (Å²) in [4.78, 5) is 0. The molecule has 0 atom stereocenters. The van der Waals surface area contributed by atoms with Crippen LogP contribution < -0.4 is 11.1 Å². The lowest BCUT2D eigenvalue weighted by atomic mass is 10.1. The van der Waals surface area contributed by atoms with E-state index in [9.17, 15) is 4.39 Å². The van der Waals surface area contributed by atoms with E-state index in [0.29, 0.717) is 28.2 Å². The van der Waals surface area contributed by atoms with Crippen LogP contribution in [0.1, 0.15) is 25.0 Å². The van der Waals surface area contributed by atoms with Crippen LogP contribution in [0.5, 0.6) is 0 Å². The average Bonchev–Trinajstić information content (AvgIpc) is 2.49. The molecule has 2 aromatic carbocycles. The maximum atomic E-state index is 13.8. The van der Waals surface area contributed by atoms with Gasteiger partial charge in [0.2, 0.25) is 0 Å². The molecule has 0 spiro atoms. The highest BCUT2D eigenvalue weighted by molar-refractivity contribution is 5.89. The lowest BCUT2D eigenvalue weighted by molar-refractivity contribution is 0.632. The molecular formula is C18H18FN3. The van der Waals surface area contributed by atoms with E-state index in [2.05, 4.69) is 17.2 Å². The molecule has 0 aliphatic rings. The molecule has 0 radical (unpaired) electrons. The number of rotatable bonds is 3. The zero-order chi connectivity index (χ0) is 16.1. The van der Waals surface area contributed by atoms with Crippen molar-refractivity contribution in [2.75, 3.05) is 11.1 Å². The zero-order valence-electron chi connectivity index (χ0n) is 12.6. The Labute approximate surface area is 129 Å². The molecule has 4 heteroatoms. The van der Waals surface area contributed by atoms with Crippen molar-refractivity contribution in [1.82, 2.24) is 0 Å². The molecule has 2 rings (SSSR count). The summed E-state index contributed by atoms with van der Waals surface area (Å²) in [7, 11) is 0. The van der Waals surface area contributed by atoms with E-state index in [1.54, 1.807) is 30.3 Å². The molecule has 0 saturated heterocycles. The molecule has 3 nitrogen and oxygen atoms in total. The lowest BCUT2D eigenvalue weighted by Crippen LogP contribution is -2.01. The largest absolute Gasteiger partial charge is 0.398 e. The van der Waals surface area contributed by atoms with Crippen molar-refractivity contribution in [3.8, 4) is 11.8 Å². The molecular weight excluding hydrogens is 277 g/mol. The lowest BCUT2D eigenvalue weighted by Gasteiger charge is -2.12. The minimum atomic E-state index is -0.349. The van der Waals surface area contributed by atoms with Gasteiger partial charge < -0.3 is 16.5 Å². The summed E-state index contributed by atoms with van der Waals surface area (Å²) < 4.78 is 13.8. The van der Waals surface area contributed by atoms with Crippen LogP contribution in [0.4, 0.5) is 21.5 Å². The Morgan fingerprint density at radius 2 is 1.95 bits per heavy atom. The first-order chi connectivity index (χ1) is 10.5. The minimum Gasteiger partial charge on any atom is -0.398 e. The van der Waals surface area contributed by atoms with Gasteiger partial charge in [-0.3, -0.25) is 0 Å². The molecule has 0 aromatic heterocycles. The number of anilines is 3. The Balaban J connectivity index is 2.50. The monoisotopic (exact) mass is 295 g/mol. The summed E-state index contributed by atoms with van der Waals surface area (Å²) in [6.07, 6.45) is 1.17. The molecule has 0 heterocycles. The van der Waals surface area contributed by atoms with Gasteiger partial charge >= 0.3 is 0 Å². The quantitative estimate of drug-likeness (QED) is 0.452. The van der Waals surface area contributed by atoms with Crippen LogP contribution >= 0.6 is 0 Å². The first-order valence-corrected chi connectivity index (χ1v) is 6.98. The van der Waals surface area contributed by atoms with Crippen LogP contribution in [-0.2, 0) is 0 Å². The van der Waals surface area contributed by atoms with Gasteiger partial charge in [0.15, 0.2) is 0 Å². The smallest absolute Gasteiger partial charge is 0.146 e. The summed E-state index contributed by atoms with van der Waals surface area (Å²) in [5, 5.41) is 10.4. The number of hydrogen-bond acceptors (Lipinski definition) is 3. The third-order valence-electron chi connectivity index (χ3n) is 3.02. The number of nitrogen functional groups attached to an aromatic ring is 1. The number of nitrogens with one attached hydrogen (secondary N) is 2. The standard InChI is InChI=1S/C18H18FN3/c1-12(2)7-8-13-9-16(21)14(11-20)10-18(13)22-17-6-4-3-5-15(17)19/h3-6,9-12,20,22H,21H2,1-2H3. The fourth-order valence-corrected chi connectivity index (χ4v) is 1.89. The van der Waals surface area contributed by atoms with Crippen LogP contribution in [0.2, 0.25) is 0 Å². The fraction of sp³-hybridized carbons (Fsp3) is 0.167. The topological polar surface area (TPSA) is 61.9 Å². The maximum Gasteiger partial charge on any atom is 0.146 e. The molecule has 112 valence electrons. The van der Waals surface area contributed by atoms with Gasteiger partial charge in [0.05, 0.1) is 16.9 Å². The molecule has 0 bridgehead atoms. The van der Waals surface area contributed by atoms with Crippen molar-refractivity contribution >= 4 is 23.3 Å². The van der Waals surface area contributed by atoms with E-state index in [-0.39, 0.29) is 11.7 Å². The first kappa shape index (κ1) is 15.6. The molecule has 22 heavy (non-hydrogen) atoms. The normalized spacial score (nSPS) is 10.0. The van der Waals surface area contributed by atoms with E-state index in [0.717, 1.165) is 0 Å². The molecule has 0 fully saturated rings. The van der Waals surface area contributed by atoms with Gasteiger partial charge in [-0.25, -0.2) is 4.39 Å². The first-order valence-electron chi connectivity index (χ1n) is 6.98. The molecule has 0 amide bonds. The predicted octanol–water partition coefficient (Wildman–Crippen LogP) is 4.16. The van der Waals surface area contributed by atoms with Crippen molar-refractivity contribution < 1.29 is 4.39 Å². The third-order valence-corrected chi connectivity index (χ3v) is 3.02. The van der Waals surface area contributed by atoms with Crippen LogP contribution in [0.3, 0.4) is 0 Å². The second-order valence-corrected chi connectivity index (χ2v) is 5.20. The highest BCUT2D eigenvalue weighted by Gasteiger charge is 2.08. The van der Waals surface area contributed by atoms with Gasteiger partial charge in [-0.2, -0.15) is 0 Å². The Bertz CT molecular complexity index is 755. The molecule has 2 aromatic rings. The zero-order valence-corrected chi connectivity index (χ0v) is 12.6. The molecule has 0 aliphatic carbocycles. The second kappa shape index (κ2) is 6.77. The van der Waals surface area contributed by atoms with Gasteiger partial charge in [-0.15, -0.1) is 0 Å². The number of para-hydroxylation sites is 1. The van der Waals surface area contributed by atoms with Crippen LogP contribution in [0.25, 0.3) is 0 Å². The Kier molecular flexibility index (Phi) is 4.80. The number of nitrogens with two attached hydrogens (primary N) is 1. The van der Waals surface area contributed by atoms with E-state index in [1.807, 2.05) is 13.8 Å². The van der Waals surface area contributed by atoms with Crippen LogP contribution in [0, 0.1) is 29.0 Å². The summed E-state index contributed by atoms with van der Waals surface area (Å²) in [5.41, 5.74) is 8.62. The number of halogens is 1. The Morgan fingerprint density at radius 1 is 1.23 bits per heavy atom. The van der Waals surface area contributed by atoms with E-state index in [1.165, 1.54) is 12.3 Å². The second-order valence-electron chi connectivity index (χ2n) is 5.20. The van der Waals surface area contributed by atoms with Crippen molar-refractivity contribution in [3.05, 3.63) is 53.3 Å². The van der Waals surface area contributed by atoms with Crippen molar-refractivity contribution in [2.24, 2.45) is 5.92 Å². The summed E-state index contributed by atoms with van der Waals surface area (Å²) in [6, 6.07) is 9.83. The summed E-state index contributed by atoms with van der Waals surface area (Å²) in [5.74, 6) is 5.99. The number of hydrogen-bond donors (Lipinski definition) is 3. The highest BCUT2D eigenvalue weighted by Crippen LogP contribution is 2.26. The average molecular weight is 295 g/mol. The van der Waals surface area contributed by atoms with Gasteiger partial charge in [-0.1, -0.05) is 37.8 Å². The van der Waals surface area contributed by atoms with Gasteiger partial charge in [0.1, 0.15) is 5.82 Å². The van der Waals surface area contributed by atoms with Gasteiger partial charge in [-0.05, 0) is 24.3 Å². The summed E-state index contributed by atoms with van der Waals surface area (Å²) in [6.45, 7) is 3.98. The van der Waals surface area contributed by atoms with Crippen molar-refractivity contribution in [2.45, 2.75) is 13.8 Å². The Morgan fingerprint density at radius 3 is 2.59 bits per heavy atom. The third kappa shape index (κ3) is 3.64. The van der Waals surface area contributed by atoms with E-state index >= 15 is 0 Å². The maximum absolute atomic E-state index is 13.8. The van der Waals surface area contributed by atoms with E-state index < -0.39 is 0 Å². The molecule has 0 saturated carbocycles. The summed E-state index contributed by atoms with van der Waals surface area (Å²) >= 11 is 0. The minimum absolute atomic E-state index is 0.213. The Hall–Kier alpha value is -2.80. The molecule has 4 N–H and O–H groups in total. The number of benzene rings is 2. The highest BCUT2D eigenvalue weighted by atomic mass is 19.1. The SMILES string of the molecule is CC(C)C#Cc1cc(N)c(C=N)cc1Nc1ccccc1F. The molecule has 0 unspecified atom stereocenters. The fourth-order valence-electron chi connectivity index (χ4n) is 1.89. The van der Waals surface area contributed by atoms with Gasteiger partial charge in [0, 0.05) is 23.4 Å². The van der Waals surface area contributed by atoms with Crippen LogP contribution in [0.15, 0.2) is 36.4 Å². The van der Waals surface area contributed by atoms with Gasteiger partial charge in [0.25, 0.3) is 0 Å².